The molecular weight excluding hydrogens is 352 g/mol. The fourth-order valence-corrected chi connectivity index (χ4v) is 3.06. The molecule has 0 aromatic rings. The van der Waals surface area contributed by atoms with E-state index in [0.29, 0.717) is 5.70 Å². The first-order valence-corrected chi connectivity index (χ1v) is 9.55. The lowest BCUT2D eigenvalue weighted by Gasteiger charge is -2.18. The molecular formula is C18H28N4O5. The van der Waals surface area contributed by atoms with E-state index >= 15 is 0 Å². The van der Waals surface area contributed by atoms with Gasteiger partial charge in [-0.15, -0.1) is 0 Å². The van der Waals surface area contributed by atoms with Crippen LogP contribution in [0.2, 0.25) is 0 Å². The smallest absolute Gasteiger partial charge is 0.355 e. The number of allylic oxidation sites excluding steroid dienone is 2. The van der Waals surface area contributed by atoms with Crippen molar-refractivity contribution in [2.24, 2.45) is 0 Å². The van der Waals surface area contributed by atoms with E-state index in [4.69, 9.17) is 10.0 Å². The topological polar surface area (TPSA) is 117 Å². The summed E-state index contributed by atoms with van der Waals surface area (Å²) in [6.07, 6.45) is 14.8. The van der Waals surface area contributed by atoms with E-state index in [0.717, 1.165) is 44.3 Å². The average molecular weight is 380 g/mol. The number of fused-ring (bicyclic) bond motifs is 1. The highest BCUT2D eigenvalue weighted by molar-refractivity contribution is 5.66. The Morgan fingerprint density at radius 2 is 1.74 bits per heavy atom. The van der Waals surface area contributed by atoms with Crippen LogP contribution in [0.15, 0.2) is 35.6 Å². The van der Waals surface area contributed by atoms with Crippen molar-refractivity contribution in [2.45, 2.75) is 64.2 Å². The van der Waals surface area contributed by atoms with Gasteiger partial charge in [0.2, 0.25) is 5.70 Å². The molecule has 2 rings (SSSR count). The number of hydrogen-bond donors (Lipinski definition) is 3. The summed E-state index contributed by atoms with van der Waals surface area (Å²) in [5.74, 6) is -0.831. The molecule has 0 unspecified atom stereocenters. The summed E-state index contributed by atoms with van der Waals surface area (Å²) in [5, 5.41) is 24.0. The molecule has 27 heavy (non-hydrogen) atoms. The van der Waals surface area contributed by atoms with Gasteiger partial charge in [0.25, 0.3) is 0 Å². The van der Waals surface area contributed by atoms with Gasteiger partial charge in [-0.1, -0.05) is 49.9 Å². The lowest BCUT2D eigenvalue weighted by Crippen LogP contribution is -2.31. The molecule has 3 N–H and O–H groups in total. The first kappa shape index (κ1) is 20.8. The van der Waals surface area contributed by atoms with Crippen LogP contribution in [-0.4, -0.2) is 27.6 Å². The normalized spacial score (nSPS) is 15.4. The van der Waals surface area contributed by atoms with Crippen molar-refractivity contribution in [3.8, 4) is 0 Å². The van der Waals surface area contributed by atoms with Crippen molar-refractivity contribution < 1.29 is 19.8 Å². The molecule has 0 bridgehead atoms. The number of hydrogen-bond acceptors (Lipinski definition) is 7. The van der Waals surface area contributed by atoms with Crippen LogP contribution in [0.5, 0.6) is 0 Å². The molecule has 9 heteroatoms. The third-order valence-electron chi connectivity index (χ3n) is 4.51. The van der Waals surface area contributed by atoms with Gasteiger partial charge in [-0.25, -0.2) is 5.48 Å². The Hall–Kier alpha value is -2.55. The molecule has 0 amide bonds. The van der Waals surface area contributed by atoms with E-state index in [-0.39, 0.29) is 12.2 Å². The Labute approximate surface area is 158 Å². The summed E-state index contributed by atoms with van der Waals surface area (Å²) in [5.41, 5.74) is 3.94. The number of carboxylic acids is 1. The summed E-state index contributed by atoms with van der Waals surface area (Å²) in [6.45, 7) is 0.799. The number of nitro groups is 1. The number of rotatable bonds is 14. The van der Waals surface area contributed by atoms with Crippen molar-refractivity contribution in [1.82, 2.24) is 15.9 Å². The zero-order valence-corrected chi connectivity index (χ0v) is 15.5. The van der Waals surface area contributed by atoms with Gasteiger partial charge in [0.15, 0.2) is 0 Å². The second-order valence-corrected chi connectivity index (χ2v) is 6.65. The first-order chi connectivity index (χ1) is 13.1. The molecule has 150 valence electrons. The summed E-state index contributed by atoms with van der Waals surface area (Å²) < 4.78 is 0. The molecule has 2 aliphatic heterocycles. The van der Waals surface area contributed by atoms with Gasteiger partial charge in [-0.2, -0.15) is 0 Å². The molecule has 9 nitrogen and oxygen atoms in total. The Balaban J connectivity index is 1.51. The van der Waals surface area contributed by atoms with Gasteiger partial charge in [0, 0.05) is 19.0 Å². The number of unbranched alkanes of at least 4 members (excludes halogenated alkanes) is 8. The van der Waals surface area contributed by atoms with Crippen molar-refractivity contribution in [2.75, 3.05) is 6.54 Å². The molecule has 0 aromatic carbocycles. The van der Waals surface area contributed by atoms with E-state index in [2.05, 4.69) is 10.8 Å². The molecule has 0 aliphatic carbocycles. The van der Waals surface area contributed by atoms with Gasteiger partial charge in [0.05, 0.1) is 11.9 Å². The van der Waals surface area contributed by atoms with Gasteiger partial charge >= 0.3 is 11.8 Å². The van der Waals surface area contributed by atoms with E-state index < -0.39 is 10.9 Å². The van der Waals surface area contributed by atoms with Crippen LogP contribution in [-0.2, 0) is 9.73 Å². The molecule has 0 saturated heterocycles. The summed E-state index contributed by atoms with van der Waals surface area (Å²) in [4.78, 5) is 25.9. The molecule has 0 saturated carbocycles. The van der Waals surface area contributed by atoms with Crippen molar-refractivity contribution in [3.63, 3.8) is 0 Å². The van der Waals surface area contributed by atoms with Crippen molar-refractivity contribution in [1.29, 1.82) is 0 Å². The summed E-state index contributed by atoms with van der Waals surface area (Å²) in [7, 11) is 0. The van der Waals surface area contributed by atoms with Crippen LogP contribution in [0.4, 0.5) is 0 Å². The van der Waals surface area contributed by atoms with Gasteiger partial charge < -0.3 is 20.5 Å². The SMILES string of the molecule is O=C(O)CCCCCCCCCCCNC1=CC=C([N+](=O)[O-])N2ONC=C12. The zero-order valence-electron chi connectivity index (χ0n) is 15.5. The van der Waals surface area contributed by atoms with Gasteiger partial charge in [-0.05, 0) is 28.9 Å². The molecule has 0 aromatic heterocycles. The van der Waals surface area contributed by atoms with Crippen LogP contribution in [0.3, 0.4) is 0 Å². The fourth-order valence-electron chi connectivity index (χ4n) is 3.06. The standard InChI is InChI=1S/C18H28N4O5/c23-18(24)10-8-6-4-2-1-3-5-7-9-13-19-15-11-12-17(22(25)26)21-16(15)14-20-27-21/h11-12,14,19-20H,1-10,13H2,(H,23,24). The lowest BCUT2D eigenvalue weighted by molar-refractivity contribution is -0.465. The number of carbonyl (C=O) groups is 1. The molecule has 0 radical (unpaired) electrons. The first-order valence-electron chi connectivity index (χ1n) is 9.55. The minimum absolute atomic E-state index is 0.125. The van der Waals surface area contributed by atoms with Gasteiger partial charge in [0.1, 0.15) is 0 Å². The number of nitrogens with one attached hydrogen (secondary N) is 2. The van der Waals surface area contributed by atoms with Crippen LogP contribution in [0.25, 0.3) is 0 Å². The highest BCUT2D eigenvalue weighted by atomic mass is 16.8. The second-order valence-electron chi connectivity index (χ2n) is 6.65. The molecule has 0 fully saturated rings. The Kier molecular flexibility index (Phi) is 8.63. The van der Waals surface area contributed by atoms with E-state index in [1.807, 2.05) is 0 Å². The Morgan fingerprint density at radius 1 is 1.11 bits per heavy atom. The van der Waals surface area contributed by atoms with E-state index in [1.165, 1.54) is 36.8 Å². The maximum Gasteiger partial charge on any atom is 0.355 e. The largest absolute Gasteiger partial charge is 0.481 e. The van der Waals surface area contributed by atoms with E-state index in [1.54, 1.807) is 12.3 Å². The quantitative estimate of drug-likeness (QED) is 0.239. The Morgan fingerprint density at radius 3 is 2.37 bits per heavy atom. The van der Waals surface area contributed by atoms with Crippen molar-refractivity contribution >= 4 is 5.97 Å². The third kappa shape index (κ3) is 6.93. The van der Waals surface area contributed by atoms with Gasteiger partial charge in [-0.3, -0.25) is 4.79 Å². The van der Waals surface area contributed by atoms with Crippen LogP contribution < -0.4 is 10.8 Å². The monoisotopic (exact) mass is 380 g/mol. The van der Waals surface area contributed by atoms with Crippen molar-refractivity contribution in [3.05, 3.63) is 45.7 Å². The minimum Gasteiger partial charge on any atom is -0.481 e. The number of aliphatic carboxylic acids is 1. The molecule has 2 aliphatic rings. The average Bonchev–Trinajstić information content (AvgIpc) is 3.12. The predicted molar refractivity (Wildman–Crippen MR) is 99.1 cm³/mol. The number of carboxylic acid groups (broad SMARTS) is 1. The second kappa shape index (κ2) is 11.2. The minimum atomic E-state index is -0.706. The number of nitrogens with zero attached hydrogens (tertiary/aromatic N) is 2. The highest BCUT2D eigenvalue weighted by Gasteiger charge is 2.36. The van der Waals surface area contributed by atoms with Crippen LogP contribution in [0.1, 0.15) is 64.2 Å². The maximum atomic E-state index is 11.0. The van der Waals surface area contributed by atoms with E-state index in [9.17, 15) is 14.9 Å². The highest BCUT2D eigenvalue weighted by Crippen LogP contribution is 2.26. The Bertz CT molecular complexity index is 615. The molecule has 0 atom stereocenters. The predicted octanol–water partition coefficient (Wildman–Crippen LogP) is 3.17. The third-order valence-corrected chi connectivity index (χ3v) is 4.51. The van der Waals surface area contributed by atoms with Crippen LogP contribution >= 0.6 is 0 Å². The summed E-state index contributed by atoms with van der Waals surface area (Å²) in [6, 6.07) is 0. The molecule has 2 heterocycles. The maximum absolute atomic E-state index is 11.0. The fraction of sp³-hybridized carbons (Fsp3) is 0.611. The zero-order chi connectivity index (χ0) is 19.5. The summed E-state index contributed by atoms with van der Waals surface area (Å²) >= 11 is 0. The lowest BCUT2D eigenvalue weighted by atomic mass is 10.1. The molecule has 0 spiro atoms. The number of hydroxylamine groups is 3. The van der Waals surface area contributed by atoms with Crippen LogP contribution in [0, 0.1) is 10.1 Å².